The molecule has 0 amide bonds. The number of anilines is 1. The van der Waals surface area contributed by atoms with Gasteiger partial charge < -0.3 is 19.7 Å². The Morgan fingerprint density at radius 3 is 3.00 bits per heavy atom. The molecule has 1 aliphatic rings. The molecular weight excluding hydrogens is 318 g/mol. The third kappa shape index (κ3) is 2.69. The highest BCUT2D eigenvalue weighted by Crippen LogP contribution is 2.41. The first kappa shape index (κ1) is 15.5. The molecule has 128 valence electrons. The van der Waals surface area contributed by atoms with Crippen LogP contribution in [0.5, 0.6) is 5.75 Å². The van der Waals surface area contributed by atoms with Gasteiger partial charge in [-0.3, -0.25) is 0 Å². The molecule has 1 aliphatic heterocycles. The van der Waals surface area contributed by atoms with Crippen molar-refractivity contribution in [1.29, 1.82) is 0 Å². The minimum Gasteiger partial charge on any atom is -0.479 e. The van der Waals surface area contributed by atoms with E-state index in [-0.39, 0.29) is 5.92 Å². The number of aromatic nitrogens is 2. The van der Waals surface area contributed by atoms with Gasteiger partial charge in [-0.15, -0.1) is 0 Å². The number of carboxylic acids is 1. The zero-order valence-corrected chi connectivity index (χ0v) is 14.1. The lowest BCUT2D eigenvalue weighted by atomic mass is 9.97. The number of hydrogen-bond donors (Lipinski definition) is 2. The van der Waals surface area contributed by atoms with E-state index in [4.69, 9.17) is 9.84 Å². The molecule has 6 nitrogen and oxygen atoms in total. The first-order valence-electron chi connectivity index (χ1n) is 8.21. The maximum Gasteiger partial charge on any atom is 0.344 e. The Morgan fingerprint density at radius 1 is 1.40 bits per heavy atom. The number of hydrogen-bond acceptors (Lipinski definition) is 4. The summed E-state index contributed by atoms with van der Waals surface area (Å²) in [6, 6.07) is 11.8. The second-order valence-electron chi connectivity index (χ2n) is 6.42. The maximum absolute atomic E-state index is 11.0. The minimum atomic E-state index is -0.976. The van der Waals surface area contributed by atoms with Crippen molar-refractivity contribution in [2.24, 2.45) is 0 Å². The van der Waals surface area contributed by atoms with Crippen LogP contribution in [0, 0.1) is 0 Å². The van der Waals surface area contributed by atoms with Crippen LogP contribution in [0.3, 0.4) is 0 Å². The van der Waals surface area contributed by atoms with Gasteiger partial charge in [0.15, 0.2) is 6.10 Å². The lowest BCUT2D eigenvalue weighted by Gasteiger charge is -2.14. The number of aliphatic carboxylic acids is 1. The van der Waals surface area contributed by atoms with Gasteiger partial charge in [0.1, 0.15) is 11.4 Å². The van der Waals surface area contributed by atoms with E-state index < -0.39 is 12.1 Å². The Labute approximate surface area is 145 Å². The zero-order chi connectivity index (χ0) is 17.6. The number of pyridine rings is 1. The van der Waals surface area contributed by atoms with Crippen LogP contribution in [0.25, 0.3) is 11.0 Å². The third-order valence-corrected chi connectivity index (χ3v) is 4.69. The third-order valence-electron chi connectivity index (χ3n) is 4.69. The number of nitrogens with zero attached hydrogens (tertiary/aromatic N) is 2. The Hall–Kier alpha value is -3.02. The second kappa shape index (κ2) is 5.81. The van der Waals surface area contributed by atoms with Crippen LogP contribution in [0.15, 0.2) is 42.6 Å². The van der Waals surface area contributed by atoms with Crippen LogP contribution in [-0.2, 0) is 4.79 Å². The van der Waals surface area contributed by atoms with Crippen LogP contribution in [0.2, 0.25) is 0 Å². The number of nitrogens with one attached hydrogen (secondary N) is 1. The standard InChI is InChI=1S/C19H19N3O3/c1-11(19(23)24)25-13-5-6-17-14(9-13)15(10-22(17)2)16-8-12-4-3-7-20-18(12)21-16/h3-9,11,15H,10H2,1-2H3,(H,20,21)(H,23,24). The monoisotopic (exact) mass is 337 g/mol. The minimum absolute atomic E-state index is 0.165. The van der Waals surface area contributed by atoms with E-state index >= 15 is 0 Å². The summed E-state index contributed by atoms with van der Waals surface area (Å²) in [4.78, 5) is 21.0. The molecule has 0 radical (unpaired) electrons. The smallest absolute Gasteiger partial charge is 0.344 e. The number of aromatic amines is 1. The molecule has 4 rings (SSSR count). The first-order chi connectivity index (χ1) is 12.0. The molecular formula is C19H19N3O3. The molecule has 2 N–H and O–H groups in total. The summed E-state index contributed by atoms with van der Waals surface area (Å²) in [5.74, 6) is -0.239. The van der Waals surface area contributed by atoms with Gasteiger partial charge in [-0.1, -0.05) is 0 Å². The van der Waals surface area contributed by atoms with Gasteiger partial charge in [-0.25, -0.2) is 9.78 Å². The van der Waals surface area contributed by atoms with Gasteiger partial charge in [0.05, 0.1) is 0 Å². The number of likely N-dealkylation sites (N-methyl/N-ethyl adjacent to an activating group) is 1. The maximum atomic E-state index is 11.0. The first-order valence-corrected chi connectivity index (χ1v) is 8.21. The van der Waals surface area contributed by atoms with Crippen LogP contribution < -0.4 is 9.64 Å². The van der Waals surface area contributed by atoms with E-state index in [0.29, 0.717) is 5.75 Å². The van der Waals surface area contributed by atoms with Gasteiger partial charge in [-0.05, 0) is 48.9 Å². The number of H-pyrrole nitrogens is 1. The Kier molecular flexibility index (Phi) is 3.60. The fourth-order valence-corrected chi connectivity index (χ4v) is 3.39. The summed E-state index contributed by atoms with van der Waals surface area (Å²) in [5, 5.41) is 10.1. The van der Waals surface area contributed by atoms with E-state index in [1.54, 1.807) is 6.20 Å². The van der Waals surface area contributed by atoms with Crippen molar-refractivity contribution in [2.45, 2.75) is 18.9 Å². The molecule has 6 heteroatoms. The Morgan fingerprint density at radius 2 is 2.24 bits per heavy atom. The van der Waals surface area contributed by atoms with Crippen molar-refractivity contribution in [1.82, 2.24) is 9.97 Å². The lowest BCUT2D eigenvalue weighted by Crippen LogP contribution is -2.22. The molecule has 2 atom stereocenters. The predicted molar refractivity (Wildman–Crippen MR) is 95.4 cm³/mol. The average Bonchev–Trinajstić information content (AvgIpc) is 3.15. The molecule has 0 spiro atoms. The molecule has 3 heterocycles. The average molecular weight is 337 g/mol. The molecule has 2 unspecified atom stereocenters. The van der Waals surface area contributed by atoms with Gasteiger partial charge in [-0.2, -0.15) is 0 Å². The van der Waals surface area contributed by atoms with Crippen LogP contribution in [-0.4, -0.2) is 40.7 Å². The van der Waals surface area contributed by atoms with Crippen molar-refractivity contribution in [3.8, 4) is 5.75 Å². The number of ether oxygens (including phenoxy) is 1. The Balaban J connectivity index is 1.72. The molecule has 0 saturated carbocycles. The van der Waals surface area contributed by atoms with E-state index in [0.717, 1.165) is 34.5 Å². The Bertz CT molecular complexity index is 917. The predicted octanol–water partition coefficient (Wildman–Crippen LogP) is 3.00. The van der Waals surface area contributed by atoms with Crippen LogP contribution >= 0.6 is 0 Å². The number of rotatable bonds is 4. The summed E-state index contributed by atoms with van der Waals surface area (Å²) in [5.41, 5.74) is 4.24. The van der Waals surface area contributed by atoms with Crippen molar-refractivity contribution in [3.63, 3.8) is 0 Å². The summed E-state index contributed by atoms with van der Waals surface area (Å²) in [6.07, 6.45) is 0.893. The van der Waals surface area contributed by atoms with Crippen LogP contribution in [0.4, 0.5) is 5.69 Å². The van der Waals surface area contributed by atoms with Crippen molar-refractivity contribution in [2.75, 3.05) is 18.5 Å². The van der Waals surface area contributed by atoms with E-state index in [1.807, 2.05) is 30.3 Å². The summed E-state index contributed by atoms with van der Waals surface area (Å²) in [7, 11) is 2.06. The second-order valence-corrected chi connectivity index (χ2v) is 6.42. The molecule has 25 heavy (non-hydrogen) atoms. The van der Waals surface area contributed by atoms with E-state index in [2.05, 4.69) is 28.0 Å². The number of fused-ring (bicyclic) bond motifs is 2. The number of carboxylic acid groups (broad SMARTS) is 1. The quantitative estimate of drug-likeness (QED) is 0.765. The zero-order valence-electron chi connectivity index (χ0n) is 14.1. The SMILES string of the molecule is CC(Oc1ccc2c(c1)C(c1cc3cccnc3[nH]1)CN2C)C(=O)O. The normalized spacial score (nSPS) is 17.5. The fourth-order valence-electron chi connectivity index (χ4n) is 3.39. The number of benzene rings is 1. The van der Waals surface area contributed by atoms with E-state index in [1.165, 1.54) is 6.92 Å². The number of carbonyl (C=O) groups is 1. The van der Waals surface area contributed by atoms with Gasteiger partial charge in [0.25, 0.3) is 0 Å². The van der Waals surface area contributed by atoms with E-state index in [9.17, 15) is 4.79 Å². The topological polar surface area (TPSA) is 78.5 Å². The molecule has 0 fully saturated rings. The van der Waals surface area contributed by atoms with Crippen molar-refractivity contribution < 1.29 is 14.6 Å². The molecule has 3 aromatic rings. The molecule has 0 aliphatic carbocycles. The molecule has 0 saturated heterocycles. The highest BCUT2D eigenvalue weighted by atomic mass is 16.5. The highest BCUT2D eigenvalue weighted by molar-refractivity contribution is 5.77. The van der Waals surface area contributed by atoms with Crippen molar-refractivity contribution in [3.05, 3.63) is 53.9 Å². The molecule has 1 aromatic carbocycles. The summed E-state index contributed by atoms with van der Waals surface area (Å²) in [6.45, 7) is 2.38. The lowest BCUT2D eigenvalue weighted by molar-refractivity contribution is -0.144. The van der Waals surface area contributed by atoms with Gasteiger partial charge in [0, 0.05) is 42.5 Å². The largest absolute Gasteiger partial charge is 0.479 e. The summed E-state index contributed by atoms with van der Waals surface area (Å²) >= 11 is 0. The summed E-state index contributed by atoms with van der Waals surface area (Å²) < 4.78 is 5.54. The van der Waals surface area contributed by atoms with Gasteiger partial charge in [0.2, 0.25) is 0 Å². The van der Waals surface area contributed by atoms with Gasteiger partial charge >= 0.3 is 5.97 Å². The molecule has 0 bridgehead atoms. The van der Waals surface area contributed by atoms with Crippen LogP contribution in [0.1, 0.15) is 24.1 Å². The fraction of sp³-hybridized carbons (Fsp3) is 0.263. The highest BCUT2D eigenvalue weighted by Gasteiger charge is 2.29. The van der Waals surface area contributed by atoms with Crippen molar-refractivity contribution >= 4 is 22.7 Å². The molecule has 2 aromatic heterocycles.